The molecule has 114 valence electrons. The molecule has 0 radical (unpaired) electrons. The molecule has 1 fully saturated rings. The number of aryl methyl sites for hydroxylation is 1. The van der Waals surface area contributed by atoms with Crippen molar-refractivity contribution in [1.82, 2.24) is 9.88 Å². The summed E-state index contributed by atoms with van der Waals surface area (Å²) in [5.41, 5.74) is 2.78. The highest BCUT2D eigenvalue weighted by Gasteiger charge is 2.32. The van der Waals surface area contributed by atoms with Gasteiger partial charge in [0.15, 0.2) is 0 Å². The van der Waals surface area contributed by atoms with E-state index < -0.39 is 0 Å². The minimum Gasteiger partial charge on any atom is -0.345 e. The maximum absolute atomic E-state index is 12.2. The largest absolute Gasteiger partial charge is 0.345 e. The van der Waals surface area contributed by atoms with Crippen molar-refractivity contribution in [2.24, 2.45) is 5.92 Å². The van der Waals surface area contributed by atoms with Crippen molar-refractivity contribution in [3.63, 3.8) is 0 Å². The Hall–Kier alpha value is -2.21. The maximum Gasteiger partial charge on any atom is 0.229 e. The second-order valence-electron chi connectivity index (χ2n) is 5.54. The standard InChI is InChI=1S/C16H17N3O2S/c1-10-9-22-16(17-10)11-3-5-13(6-4-11)18-15(21)12-7-14(20)19(2)8-12/h3-6,9,12H,7-8H2,1-2H3,(H,18,21). The fourth-order valence-electron chi connectivity index (χ4n) is 2.47. The van der Waals surface area contributed by atoms with Crippen LogP contribution in [0.3, 0.4) is 0 Å². The molecule has 1 N–H and O–H groups in total. The van der Waals surface area contributed by atoms with Crippen molar-refractivity contribution < 1.29 is 9.59 Å². The van der Waals surface area contributed by atoms with Gasteiger partial charge in [-0.05, 0) is 31.2 Å². The van der Waals surface area contributed by atoms with Gasteiger partial charge in [0.05, 0.1) is 5.92 Å². The van der Waals surface area contributed by atoms with Crippen molar-refractivity contribution in [3.8, 4) is 10.6 Å². The minimum absolute atomic E-state index is 0.0228. The van der Waals surface area contributed by atoms with Crippen LogP contribution in [0.25, 0.3) is 10.6 Å². The zero-order chi connectivity index (χ0) is 15.7. The van der Waals surface area contributed by atoms with Gasteiger partial charge >= 0.3 is 0 Å². The summed E-state index contributed by atoms with van der Waals surface area (Å²) in [7, 11) is 1.72. The number of likely N-dealkylation sites (tertiary alicyclic amines) is 1. The Kier molecular flexibility index (Phi) is 3.94. The molecule has 1 aliphatic rings. The van der Waals surface area contributed by atoms with E-state index in [1.54, 1.807) is 23.3 Å². The molecule has 1 aromatic heterocycles. The molecule has 3 rings (SSSR count). The first-order valence-corrected chi connectivity index (χ1v) is 7.98. The number of amides is 2. The van der Waals surface area contributed by atoms with Gasteiger partial charge in [0.1, 0.15) is 5.01 Å². The number of rotatable bonds is 3. The van der Waals surface area contributed by atoms with Gasteiger partial charge in [-0.25, -0.2) is 4.98 Å². The van der Waals surface area contributed by atoms with Crippen LogP contribution in [-0.4, -0.2) is 35.3 Å². The lowest BCUT2D eigenvalue weighted by atomic mass is 10.1. The zero-order valence-corrected chi connectivity index (χ0v) is 13.3. The Morgan fingerprint density at radius 1 is 1.36 bits per heavy atom. The summed E-state index contributed by atoms with van der Waals surface area (Å²) in [6.07, 6.45) is 0.290. The van der Waals surface area contributed by atoms with Crippen LogP contribution >= 0.6 is 11.3 Å². The number of hydrogen-bond acceptors (Lipinski definition) is 4. The fraction of sp³-hybridized carbons (Fsp3) is 0.312. The van der Waals surface area contributed by atoms with Gasteiger partial charge in [0, 0.05) is 42.3 Å². The van der Waals surface area contributed by atoms with E-state index in [0.29, 0.717) is 13.0 Å². The van der Waals surface area contributed by atoms with Crippen LogP contribution in [0, 0.1) is 12.8 Å². The molecule has 22 heavy (non-hydrogen) atoms. The first-order chi connectivity index (χ1) is 10.5. The molecule has 2 heterocycles. The first-order valence-electron chi connectivity index (χ1n) is 7.10. The smallest absolute Gasteiger partial charge is 0.229 e. The van der Waals surface area contributed by atoms with Gasteiger partial charge in [0.2, 0.25) is 11.8 Å². The quantitative estimate of drug-likeness (QED) is 0.947. The highest BCUT2D eigenvalue weighted by Crippen LogP contribution is 2.25. The molecule has 1 atom stereocenters. The fourth-order valence-corrected chi connectivity index (χ4v) is 3.27. The molecule has 0 spiro atoms. The Labute approximate surface area is 133 Å². The average molecular weight is 315 g/mol. The summed E-state index contributed by atoms with van der Waals surface area (Å²) in [4.78, 5) is 29.7. The van der Waals surface area contributed by atoms with Gasteiger partial charge in [-0.3, -0.25) is 9.59 Å². The van der Waals surface area contributed by atoms with Gasteiger partial charge in [-0.15, -0.1) is 11.3 Å². The number of aromatic nitrogens is 1. The van der Waals surface area contributed by atoms with E-state index in [0.717, 1.165) is 22.0 Å². The Balaban J connectivity index is 1.66. The van der Waals surface area contributed by atoms with E-state index in [9.17, 15) is 9.59 Å². The van der Waals surface area contributed by atoms with E-state index in [4.69, 9.17) is 0 Å². The molecule has 2 aromatic rings. The van der Waals surface area contributed by atoms with Crippen molar-refractivity contribution in [2.45, 2.75) is 13.3 Å². The van der Waals surface area contributed by atoms with Crippen molar-refractivity contribution in [3.05, 3.63) is 35.3 Å². The lowest BCUT2D eigenvalue weighted by Crippen LogP contribution is -2.25. The summed E-state index contributed by atoms with van der Waals surface area (Å²) in [5.74, 6) is -0.344. The van der Waals surface area contributed by atoms with E-state index in [1.807, 2.05) is 36.6 Å². The Bertz CT molecular complexity index is 708. The second kappa shape index (κ2) is 5.88. The third kappa shape index (κ3) is 3.01. The monoisotopic (exact) mass is 315 g/mol. The molecule has 2 amide bonds. The average Bonchev–Trinajstić information content (AvgIpc) is 3.07. The van der Waals surface area contributed by atoms with E-state index in [1.165, 1.54) is 0 Å². The summed E-state index contributed by atoms with van der Waals surface area (Å²) in [6.45, 7) is 2.45. The number of carbonyl (C=O) groups excluding carboxylic acids is 2. The van der Waals surface area contributed by atoms with Crippen LogP contribution in [0.5, 0.6) is 0 Å². The van der Waals surface area contributed by atoms with Gasteiger partial charge in [0.25, 0.3) is 0 Å². The molecule has 1 aliphatic heterocycles. The van der Waals surface area contributed by atoms with E-state index in [2.05, 4.69) is 10.3 Å². The third-order valence-corrected chi connectivity index (χ3v) is 4.74. The second-order valence-corrected chi connectivity index (χ2v) is 6.39. The summed E-state index contributed by atoms with van der Waals surface area (Å²) < 4.78 is 0. The normalized spacial score (nSPS) is 17.8. The number of hydrogen-bond donors (Lipinski definition) is 1. The van der Waals surface area contributed by atoms with Crippen LogP contribution < -0.4 is 5.32 Å². The number of benzene rings is 1. The molecule has 0 aliphatic carbocycles. The Morgan fingerprint density at radius 3 is 2.64 bits per heavy atom. The molecule has 0 bridgehead atoms. The number of anilines is 1. The topological polar surface area (TPSA) is 62.3 Å². The lowest BCUT2D eigenvalue weighted by molar-refractivity contribution is -0.127. The van der Waals surface area contributed by atoms with Gasteiger partial charge in [-0.2, -0.15) is 0 Å². The number of thiazole rings is 1. The van der Waals surface area contributed by atoms with Gasteiger partial charge < -0.3 is 10.2 Å². The SMILES string of the molecule is Cc1csc(-c2ccc(NC(=O)C3CC(=O)N(C)C3)cc2)n1. The maximum atomic E-state index is 12.2. The molecule has 6 heteroatoms. The lowest BCUT2D eigenvalue weighted by Gasteiger charge is -2.11. The van der Waals surface area contributed by atoms with E-state index >= 15 is 0 Å². The molecular formula is C16H17N3O2S. The summed E-state index contributed by atoms with van der Waals surface area (Å²) in [5, 5.41) is 5.86. The predicted octanol–water partition coefficient (Wildman–Crippen LogP) is 2.54. The predicted molar refractivity (Wildman–Crippen MR) is 86.7 cm³/mol. The summed E-state index contributed by atoms with van der Waals surface area (Å²) in [6, 6.07) is 7.62. The highest BCUT2D eigenvalue weighted by atomic mass is 32.1. The zero-order valence-electron chi connectivity index (χ0n) is 12.5. The first kappa shape index (κ1) is 14.7. The molecule has 1 aromatic carbocycles. The molecule has 1 unspecified atom stereocenters. The van der Waals surface area contributed by atoms with Crippen molar-refractivity contribution >= 4 is 28.8 Å². The van der Waals surface area contributed by atoms with Crippen LogP contribution in [-0.2, 0) is 9.59 Å². The highest BCUT2D eigenvalue weighted by molar-refractivity contribution is 7.13. The van der Waals surface area contributed by atoms with Crippen LogP contribution in [0.4, 0.5) is 5.69 Å². The van der Waals surface area contributed by atoms with Crippen LogP contribution in [0.15, 0.2) is 29.6 Å². The number of nitrogens with one attached hydrogen (secondary N) is 1. The van der Waals surface area contributed by atoms with Crippen molar-refractivity contribution in [1.29, 1.82) is 0 Å². The molecule has 5 nitrogen and oxygen atoms in total. The van der Waals surface area contributed by atoms with Crippen molar-refractivity contribution in [2.75, 3.05) is 18.9 Å². The van der Waals surface area contributed by atoms with Gasteiger partial charge in [-0.1, -0.05) is 0 Å². The summed E-state index contributed by atoms with van der Waals surface area (Å²) >= 11 is 1.60. The van der Waals surface area contributed by atoms with E-state index in [-0.39, 0.29) is 17.7 Å². The third-order valence-electron chi connectivity index (χ3n) is 3.73. The Morgan fingerprint density at radius 2 is 2.09 bits per heavy atom. The number of carbonyl (C=O) groups is 2. The van der Waals surface area contributed by atoms with Crippen LogP contribution in [0.1, 0.15) is 12.1 Å². The number of nitrogens with zero attached hydrogens (tertiary/aromatic N) is 2. The minimum atomic E-state index is -0.265. The molecule has 0 saturated carbocycles. The molecular weight excluding hydrogens is 298 g/mol. The van der Waals surface area contributed by atoms with Crippen LogP contribution in [0.2, 0.25) is 0 Å². The molecule has 1 saturated heterocycles.